The van der Waals surface area contributed by atoms with Crippen LogP contribution in [0.3, 0.4) is 0 Å². The third-order valence-corrected chi connectivity index (χ3v) is 5.40. The van der Waals surface area contributed by atoms with E-state index in [1.54, 1.807) is 0 Å². The van der Waals surface area contributed by atoms with Gasteiger partial charge >= 0.3 is 0 Å². The van der Waals surface area contributed by atoms with Crippen LogP contribution >= 0.6 is 0 Å². The molecule has 144 valence electrons. The van der Waals surface area contributed by atoms with Crippen LogP contribution in [-0.4, -0.2) is 57.6 Å². The minimum absolute atomic E-state index is 0.780. The Morgan fingerprint density at radius 3 is 2.75 bits per heavy atom. The average Bonchev–Trinajstić information content (AvgIpc) is 3.38. The average molecular weight is 376 g/mol. The predicted molar refractivity (Wildman–Crippen MR) is 107 cm³/mol. The fourth-order valence-electron chi connectivity index (χ4n) is 3.81. The second-order valence-electron chi connectivity index (χ2n) is 7.48. The highest BCUT2D eigenvalue weighted by atomic mass is 16.5. The number of aromatic amines is 1. The normalized spacial score (nSPS) is 16.8. The van der Waals surface area contributed by atoms with Gasteiger partial charge in [-0.15, -0.1) is 0 Å². The lowest BCUT2D eigenvalue weighted by atomic mass is 10.1. The summed E-state index contributed by atoms with van der Waals surface area (Å²) < 4.78 is 5.59. The van der Waals surface area contributed by atoms with Crippen LogP contribution in [0.5, 0.6) is 5.75 Å². The molecule has 7 nitrogen and oxygen atoms in total. The summed E-state index contributed by atoms with van der Waals surface area (Å²) in [6.45, 7) is 7.48. The number of imidazole rings is 1. The zero-order chi connectivity index (χ0) is 18.9. The molecule has 1 saturated heterocycles. The van der Waals surface area contributed by atoms with Crippen LogP contribution in [0.1, 0.15) is 16.8 Å². The van der Waals surface area contributed by atoms with Gasteiger partial charge in [0.2, 0.25) is 5.95 Å². The number of benzene rings is 1. The number of fused-ring (bicyclic) bond motifs is 1. The summed E-state index contributed by atoms with van der Waals surface area (Å²) in [7, 11) is 0. The van der Waals surface area contributed by atoms with Crippen molar-refractivity contribution in [2.75, 3.05) is 37.7 Å². The molecule has 1 aromatic carbocycles. The van der Waals surface area contributed by atoms with Gasteiger partial charge in [-0.1, -0.05) is 0 Å². The smallest absolute Gasteiger partial charge is 0.225 e. The molecule has 2 aliphatic rings. The zero-order valence-corrected chi connectivity index (χ0v) is 16.1. The SMILES string of the molecule is Cc1cnc(N2CCN(Cc3c[nH]c(-c4ccc5c(c4)CCO5)n3)CC2)nc1. The summed E-state index contributed by atoms with van der Waals surface area (Å²) in [6.07, 6.45) is 6.76. The number of anilines is 1. The second kappa shape index (κ2) is 7.24. The molecule has 3 aromatic rings. The van der Waals surface area contributed by atoms with E-state index in [9.17, 15) is 0 Å². The molecule has 4 heterocycles. The minimum Gasteiger partial charge on any atom is -0.493 e. The van der Waals surface area contributed by atoms with E-state index in [-0.39, 0.29) is 0 Å². The van der Waals surface area contributed by atoms with Gasteiger partial charge in [0, 0.05) is 63.3 Å². The first-order valence-electron chi connectivity index (χ1n) is 9.81. The summed E-state index contributed by atoms with van der Waals surface area (Å²) in [6, 6.07) is 6.31. The molecular weight excluding hydrogens is 352 g/mol. The van der Waals surface area contributed by atoms with E-state index >= 15 is 0 Å². The standard InChI is InChI=1S/C21H24N6O/c1-15-11-23-21(24-12-15)27-7-5-26(6-8-27)14-18-13-22-20(25-18)17-2-3-19-16(10-17)4-9-28-19/h2-3,10-13H,4-9,14H2,1H3,(H,22,25). The minimum atomic E-state index is 0.780. The Balaban J connectivity index is 1.20. The highest BCUT2D eigenvalue weighted by Gasteiger charge is 2.20. The fraction of sp³-hybridized carbons (Fsp3) is 0.381. The lowest BCUT2D eigenvalue weighted by Crippen LogP contribution is -2.46. The summed E-state index contributed by atoms with van der Waals surface area (Å²) in [5, 5.41) is 0. The molecule has 0 amide bonds. The Morgan fingerprint density at radius 2 is 1.93 bits per heavy atom. The van der Waals surface area contributed by atoms with E-state index < -0.39 is 0 Å². The molecule has 2 aliphatic heterocycles. The number of nitrogens with zero attached hydrogens (tertiary/aromatic N) is 5. The molecule has 0 aliphatic carbocycles. The van der Waals surface area contributed by atoms with Crippen molar-refractivity contribution in [2.24, 2.45) is 0 Å². The van der Waals surface area contributed by atoms with Gasteiger partial charge in [-0.3, -0.25) is 4.90 Å². The van der Waals surface area contributed by atoms with Crippen molar-refractivity contribution in [2.45, 2.75) is 19.9 Å². The van der Waals surface area contributed by atoms with Gasteiger partial charge in [0.25, 0.3) is 0 Å². The lowest BCUT2D eigenvalue weighted by Gasteiger charge is -2.34. The van der Waals surface area contributed by atoms with Crippen molar-refractivity contribution in [3.05, 3.63) is 53.6 Å². The van der Waals surface area contributed by atoms with Crippen LogP contribution < -0.4 is 9.64 Å². The van der Waals surface area contributed by atoms with E-state index in [2.05, 4.69) is 36.9 Å². The van der Waals surface area contributed by atoms with Crippen LogP contribution in [0.25, 0.3) is 11.4 Å². The van der Waals surface area contributed by atoms with Gasteiger partial charge < -0.3 is 14.6 Å². The van der Waals surface area contributed by atoms with Gasteiger partial charge in [-0.05, 0) is 36.2 Å². The largest absolute Gasteiger partial charge is 0.493 e. The molecule has 28 heavy (non-hydrogen) atoms. The van der Waals surface area contributed by atoms with Crippen LogP contribution in [-0.2, 0) is 13.0 Å². The Hall–Kier alpha value is -2.93. The second-order valence-corrected chi connectivity index (χ2v) is 7.48. The van der Waals surface area contributed by atoms with E-state index in [1.807, 2.05) is 31.6 Å². The maximum atomic E-state index is 5.59. The van der Waals surface area contributed by atoms with Gasteiger partial charge in [0.1, 0.15) is 11.6 Å². The fourth-order valence-corrected chi connectivity index (χ4v) is 3.81. The molecule has 1 N–H and O–H groups in total. The number of rotatable bonds is 4. The maximum absolute atomic E-state index is 5.59. The Morgan fingerprint density at radius 1 is 1.11 bits per heavy atom. The molecule has 0 bridgehead atoms. The molecule has 5 rings (SSSR count). The topological polar surface area (TPSA) is 70.2 Å². The van der Waals surface area contributed by atoms with Crippen molar-refractivity contribution in [3.8, 4) is 17.1 Å². The number of piperazine rings is 1. The molecule has 0 unspecified atom stereocenters. The molecule has 0 atom stereocenters. The molecule has 2 aromatic heterocycles. The number of hydrogen-bond acceptors (Lipinski definition) is 6. The molecule has 7 heteroatoms. The third-order valence-electron chi connectivity index (χ3n) is 5.40. The van der Waals surface area contributed by atoms with Crippen LogP contribution in [0.2, 0.25) is 0 Å². The summed E-state index contributed by atoms with van der Waals surface area (Å²) >= 11 is 0. The Labute approximate surface area is 164 Å². The van der Waals surface area contributed by atoms with Crippen molar-refractivity contribution >= 4 is 5.95 Å². The summed E-state index contributed by atoms with van der Waals surface area (Å²) in [5.74, 6) is 2.76. The number of hydrogen-bond donors (Lipinski definition) is 1. The molecule has 0 radical (unpaired) electrons. The molecular formula is C21H24N6O. The van der Waals surface area contributed by atoms with E-state index in [1.165, 1.54) is 5.56 Å². The predicted octanol–water partition coefficient (Wildman–Crippen LogP) is 2.43. The van der Waals surface area contributed by atoms with Crippen LogP contribution in [0, 0.1) is 6.92 Å². The van der Waals surface area contributed by atoms with Gasteiger partial charge in [-0.25, -0.2) is 15.0 Å². The van der Waals surface area contributed by atoms with E-state index in [0.717, 1.165) is 80.1 Å². The van der Waals surface area contributed by atoms with Gasteiger partial charge in [0.15, 0.2) is 0 Å². The first kappa shape index (κ1) is 17.2. The molecule has 0 saturated carbocycles. The van der Waals surface area contributed by atoms with Crippen molar-refractivity contribution in [3.63, 3.8) is 0 Å². The third kappa shape index (κ3) is 3.45. The first-order chi connectivity index (χ1) is 13.7. The summed E-state index contributed by atoms with van der Waals surface area (Å²) in [4.78, 5) is 21.7. The van der Waals surface area contributed by atoms with Crippen LogP contribution in [0.15, 0.2) is 36.8 Å². The Bertz CT molecular complexity index is 959. The maximum Gasteiger partial charge on any atom is 0.225 e. The van der Waals surface area contributed by atoms with Crippen molar-refractivity contribution in [1.29, 1.82) is 0 Å². The molecule has 0 spiro atoms. The summed E-state index contributed by atoms with van der Waals surface area (Å²) in [5.41, 5.74) is 4.56. The van der Waals surface area contributed by atoms with Crippen molar-refractivity contribution < 1.29 is 4.74 Å². The number of aromatic nitrogens is 4. The monoisotopic (exact) mass is 376 g/mol. The zero-order valence-electron chi connectivity index (χ0n) is 16.1. The number of H-pyrrole nitrogens is 1. The number of aryl methyl sites for hydroxylation is 1. The highest BCUT2D eigenvalue weighted by molar-refractivity contribution is 5.59. The van der Waals surface area contributed by atoms with E-state index in [4.69, 9.17) is 9.72 Å². The quantitative estimate of drug-likeness (QED) is 0.754. The molecule has 1 fully saturated rings. The highest BCUT2D eigenvalue weighted by Crippen LogP contribution is 2.29. The van der Waals surface area contributed by atoms with Crippen molar-refractivity contribution in [1.82, 2.24) is 24.8 Å². The van der Waals surface area contributed by atoms with Gasteiger partial charge in [0.05, 0.1) is 12.3 Å². The van der Waals surface area contributed by atoms with E-state index in [0.29, 0.717) is 0 Å². The first-order valence-corrected chi connectivity index (χ1v) is 9.81. The lowest BCUT2D eigenvalue weighted by molar-refractivity contribution is 0.246. The number of ether oxygens (including phenoxy) is 1. The van der Waals surface area contributed by atoms with Gasteiger partial charge in [-0.2, -0.15) is 0 Å². The Kier molecular flexibility index (Phi) is 4.44. The number of nitrogens with one attached hydrogen (secondary N) is 1. The van der Waals surface area contributed by atoms with Crippen LogP contribution in [0.4, 0.5) is 5.95 Å².